The molecule has 7 heteroatoms. The van der Waals surface area contributed by atoms with E-state index in [4.69, 9.17) is 4.74 Å². The van der Waals surface area contributed by atoms with E-state index >= 15 is 0 Å². The van der Waals surface area contributed by atoms with Crippen LogP contribution < -0.4 is 15.4 Å². The van der Waals surface area contributed by atoms with E-state index in [-0.39, 0.29) is 0 Å². The fourth-order valence-corrected chi connectivity index (χ4v) is 2.13. The molecule has 0 spiro atoms. The maximum atomic E-state index is 5.79. The average molecular weight is 330 g/mol. The molecule has 0 atom stereocenters. The highest BCUT2D eigenvalue weighted by atomic mass is 16.5. The van der Waals surface area contributed by atoms with Crippen molar-refractivity contribution in [3.05, 3.63) is 42.0 Å². The van der Waals surface area contributed by atoms with Crippen molar-refractivity contribution < 1.29 is 4.74 Å². The summed E-state index contributed by atoms with van der Waals surface area (Å²) in [5.41, 5.74) is 1.16. The van der Waals surface area contributed by atoms with Crippen LogP contribution in [0.5, 0.6) is 5.75 Å². The Bertz CT molecular complexity index is 652. The smallest absolute Gasteiger partial charge is 0.191 e. The van der Waals surface area contributed by atoms with Crippen molar-refractivity contribution in [2.24, 2.45) is 12.0 Å². The highest BCUT2D eigenvalue weighted by Gasteiger charge is 2.02. The standard InChI is InChI=1S/C17H26N6O/c1-4-18-17(20-12-16-21-13-22-23(16)3)19-10-7-11-24-15-9-6-5-8-14(15)2/h5-6,8-9,13H,4,7,10-12H2,1-3H3,(H2,18,19,20). The molecule has 0 radical (unpaired) electrons. The molecule has 7 nitrogen and oxygen atoms in total. The second-order valence-corrected chi connectivity index (χ2v) is 5.39. The van der Waals surface area contributed by atoms with Crippen LogP contribution >= 0.6 is 0 Å². The molecule has 24 heavy (non-hydrogen) atoms. The van der Waals surface area contributed by atoms with Gasteiger partial charge < -0.3 is 15.4 Å². The molecule has 0 saturated carbocycles. The third-order valence-electron chi connectivity index (χ3n) is 3.49. The Hall–Kier alpha value is -2.57. The number of hydrogen-bond acceptors (Lipinski definition) is 4. The lowest BCUT2D eigenvalue weighted by Gasteiger charge is -2.12. The summed E-state index contributed by atoms with van der Waals surface area (Å²) >= 11 is 0. The summed E-state index contributed by atoms with van der Waals surface area (Å²) in [4.78, 5) is 8.69. The lowest BCUT2D eigenvalue weighted by Crippen LogP contribution is -2.38. The second kappa shape index (κ2) is 9.54. The molecule has 1 aromatic heterocycles. The van der Waals surface area contributed by atoms with Crippen LogP contribution in [0.4, 0.5) is 0 Å². The number of guanidine groups is 1. The van der Waals surface area contributed by atoms with Gasteiger partial charge in [-0.3, -0.25) is 4.68 Å². The number of ether oxygens (including phenoxy) is 1. The van der Waals surface area contributed by atoms with Crippen LogP contribution in [0.25, 0.3) is 0 Å². The van der Waals surface area contributed by atoms with E-state index in [1.54, 1.807) is 4.68 Å². The average Bonchev–Trinajstić information content (AvgIpc) is 2.99. The molecule has 2 rings (SSSR count). The molecule has 2 aromatic rings. The summed E-state index contributed by atoms with van der Waals surface area (Å²) in [7, 11) is 1.86. The van der Waals surface area contributed by atoms with Gasteiger partial charge in [0.2, 0.25) is 0 Å². The van der Waals surface area contributed by atoms with E-state index in [1.165, 1.54) is 6.33 Å². The number of aryl methyl sites for hydroxylation is 2. The van der Waals surface area contributed by atoms with Gasteiger partial charge in [-0.2, -0.15) is 5.10 Å². The van der Waals surface area contributed by atoms with Gasteiger partial charge in [-0.25, -0.2) is 9.98 Å². The van der Waals surface area contributed by atoms with E-state index < -0.39 is 0 Å². The first-order chi connectivity index (χ1) is 11.7. The zero-order valence-corrected chi connectivity index (χ0v) is 14.6. The predicted molar refractivity (Wildman–Crippen MR) is 95.1 cm³/mol. The molecular weight excluding hydrogens is 304 g/mol. The van der Waals surface area contributed by atoms with Gasteiger partial charge in [0.25, 0.3) is 0 Å². The second-order valence-electron chi connectivity index (χ2n) is 5.39. The molecule has 0 unspecified atom stereocenters. The highest BCUT2D eigenvalue weighted by molar-refractivity contribution is 5.79. The molecule has 0 amide bonds. The van der Waals surface area contributed by atoms with Gasteiger partial charge in [0.05, 0.1) is 6.61 Å². The minimum Gasteiger partial charge on any atom is -0.493 e. The first-order valence-electron chi connectivity index (χ1n) is 8.24. The molecule has 0 aliphatic carbocycles. The van der Waals surface area contributed by atoms with Crippen LogP contribution in [-0.4, -0.2) is 40.4 Å². The van der Waals surface area contributed by atoms with E-state index in [1.807, 2.05) is 32.2 Å². The molecule has 1 aromatic carbocycles. The lowest BCUT2D eigenvalue weighted by molar-refractivity contribution is 0.309. The van der Waals surface area contributed by atoms with Gasteiger partial charge in [-0.1, -0.05) is 18.2 Å². The van der Waals surface area contributed by atoms with Crippen LogP contribution in [0.1, 0.15) is 24.7 Å². The third kappa shape index (κ3) is 5.57. The lowest BCUT2D eigenvalue weighted by atomic mass is 10.2. The van der Waals surface area contributed by atoms with Gasteiger partial charge in [-0.15, -0.1) is 0 Å². The number of benzene rings is 1. The Morgan fingerprint density at radius 2 is 2.12 bits per heavy atom. The van der Waals surface area contributed by atoms with Gasteiger partial charge in [0.15, 0.2) is 5.96 Å². The minimum atomic E-state index is 0.492. The number of nitrogens with zero attached hydrogens (tertiary/aromatic N) is 4. The van der Waals surface area contributed by atoms with Crippen molar-refractivity contribution in [1.82, 2.24) is 25.4 Å². The first kappa shape index (κ1) is 17.8. The molecule has 0 saturated heterocycles. The molecule has 0 aliphatic rings. The number of nitrogens with one attached hydrogen (secondary N) is 2. The summed E-state index contributed by atoms with van der Waals surface area (Å²) in [6.07, 6.45) is 2.43. The zero-order valence-electron chi connectivity index (χ0n) is 14.6. The van der Waals surface area contributed by atoms with Crippen LogP contribution in [0, 0.1) is 6.92 Å². The van der Waals surface area contributed by atoms with Crippen molar-refractivity contribution in [3.63, 3.8) is 0 Å². The molecular formula is C17H26N6O. The summed E-state index contributed by atoms with van der Waals surface area (Å²) in [5.74, 6) is 2.55. The number of aliphatic imine (C=N–C) groups is 1. The number of aromatic nitrogens is 3. The summed E-state index contributed by atoms with van der Waals surface area (Å²) in [6, 6.07) is 8.05. The van der Waals surface area contributed by atoms with Gasteiger partial charge >= 0.3 is 0 Å². The Morgan fingerprint density at radius 1 is 1.29 bits per heavy atom. The number of rotatable bonds is 8. The normalized spacial score (nSPS) is 11.4. The van der Waals surface area contributed by atoms with Crippen LogP contribution in [-0.2, 0) is 13.6 Å². The molecule has 0 aliphatic heterocycles. The van der Waals surface area contributed by atoms with Crippen molar-refractivity contribution in [2.45, 2.75) is 26.8 Å². The number of para-hydroxylation sites is 1. The molecule has 130 valence electrons. The van der Waals surface area contributed by atoms with E-state index in [9.17, 15) is 0 Å². The summed E-state index contributed by atoms with van der Waals surface area (Å²) < 4.78 is 7.52. The van der Waals surface area contributed by atoms with Gasteiger partial charge in [-0.05, 0) is 31.9 Å². The van der Waals surface area contributed by atoms with Crippen molar-refractivity contribution in [3.8, 4) is 5.75 Å². The fourth-order valence-electron chi connectivity index (χ4n) is 2.13. The van der Waals surface area contributed by atoms with Crippen molar-refractivity contribution >= 4 is 5.96 Å². The summed E-state index contributed by atoms with van der Waals surface area (Å²) in [6.45, 7) is 6.85. The summed E-state index contributed by atoms with van der Waals surface area (Å²) in [5, 5.41) is 10.6. The Morgan fingerprint density at radius 3 is 2.83 bits per heavy atom. The quantitative estimate of drug-likeness (QED) is 0.437. The monoisotopic (exact) mass is 330 g/mol. The van der Waals surface area contributed by atoms with Crippen LogP contribution in [0.3, 0.4) is 0 Å². The molecule has 1 heterocycles. The maximum absolute atomic E-state index is 5.79. The third-order valence-corrected chi connectivity index (χ3v) is 3.49. The van der Waals surface area contributed by atoms with Crippen molar-refractivity contribution in [1.29, 1.82) is 0 Å². The van der Waals surface area contributed by atoms with E-state index in [2.05, 4.69) is 38.7 Å². The maximum Gasteiger partial charge on any atom is 0.191 e. The SMILES string of the molecule is CCNC(=NCc1ncnn1C)NCCCOc1ccccc1C. The predicted octanol–water partition coefficient (Wildman–Crippen LogP) is 1.65. The Labute approximate surface area is 143 Å². The Kier molecular flexibility index (Phi) is 7.07. The van der Waals surface area contributed by atoms with Crippen LogP contribution in [0.2, 0.25) is 0 Å². The Balaban J connectivity index is 1.73. The fraction of sp³-hybridized carbons (Fsp3) is 0.471. The van der Waals surface area contributed by atoms with E-state index in [0.29, 0.717) is 13.2 Å². The first-order valence-corrected chi connectivity index (χ1v) is 8.24. The zero-order chi connectivity index (χ0) is 17.2. The molecule has 2 N–H and O–H groups in total. The highest BCUT2D eigenvalue weighted by Crippen LogP contribution is 2.15. The van der Waals surface area contributed by atoms with E-state index in [0.717, 1.165) is 42.6 Å². The van der Waals surface area contributed by atoms with Crippen molar-refractivity contribution in [2.75, 3.05) is 19.7 Å². The number of hydrogen-bond donors (Lipinski definition) is 2. The van der Waals surface area contributed by atoms with Gasteiger partial charge in [0, 0.05) is 20.1 Å². The molecule has 0 bridgehead atoms. The van der Waals surface area contributed by atoms with Crippen LogP contribution in [0.15, 0.2) is 35.6 Å². The minimum absolute atomic E-state index is 0.492. The molecule has 0 fully saturated rings. The van der Waals surface area contributed by atoms with Gasteiger partial charge in [0.1, 0.15) is 24.4 Å². The topological polar surface area (TPSA) is 76.4 Å². The largest absolute Gasteiger partial charge is 0.493 e.